The number of rotatable bonds is 6. The van der Waals surface area contributed by atoms with Gasteiger partial charge in [-0.25, -0.2) is 18.3 Å². The van der Waals surface area contributed by atoms with E-state index in [1.165, 1.54) is 12.1 Å². The highest BCUT2D eigenvalue weighted by molar-refractivity contribution is 14.1. The smallest absolute Gasteiger partial charge is 0.296 e. The van der Waals surface area contributed by atoms with E-state index < -0.39 is 33.3 Å². The Kier molecular flexibility index (Phi) is 6.43. The molecule has 3 rings (SSSR count). The number of nitrogens with one attached hydrogen (secondary N) is 1. The van der Waals surface area contributed by atoms with Crippen LogP contribution >= 0.6 is 22.6 Å². The normalized spacial score (nSPS) is 11.4. The Labute approximate surface area is 184 Å². The standard InChI is InChI=1S/C19H15F3IN3O3S/c20-12-6-11(5-10-1-2-13(23)8-16(10)22)19(24)18(7-12)29-14-3-4-15(21)17(9-14)26-30(25,27)28/h1-4,6-9,26H,5,24H2,(H2,25,27,28). The lowest BCUT2D eigenvalue weighted by Crippen LogP contribution is -2.22. The van der Waals surface area contributed by atoms with Gasteiger partial charge >= 0.3 is 0 Å². The van der Waals surface area contributed by atoms with Crippen molar-refractivity contribution in [2.45, 2.75) is 6.42 Å². The van der Waals surface area contributed by atoms with Crippen molar-refractivity contribution in [3.05, 3.63) is 80.7 Å². The summed E-state index contributed by atoms with van der Waals surface area (Å²) in [6.07, 6.45) is 0.0182. The summed E-state index contributed by atoms with van der Waals surface area (Å²) < 4.78 is 72.4. The number of benzene rings is 3. The highest BCUT2D eigenvalue weighted by Gasteiger charge is 2.15. The lowest BCUT2D eigenvalue weighted by molar-refractivity contribution is 0.477. The second kappa shape index (κ2) is 8.70. The molecule has 0 fully saturated rings. The highest BCUT2D eigenvalue weighted by Crippen LogP contribution is 2.34. The second-order valence-electron chi connectivity index (χ2n) is 6.28. The van der Waals surface area contributed by atoms with Crippen LogP contribution < -0.4 is 20.3 Å². The topological polar surface area (TPSA) is 107 Å². The summed E-state index contributed by atoms with van der Waals surface area (Å²) >= 11 is 1.97. The molecule has 0 amide bonds. The van der Waals surface area contributed by atoms with Crippen LogP contribution in [0.25, 0.3) is 0 Å². The number of hydrogen-bond acceptors (Lipinski definition) is 4. The Hall–Kier alpha value is -2.51. The predicted molar refractivity (Wildman–Crippen MR) is 116 cm³/mol. The molecule has 0 spiro atoms. The van der Waals surface area contributed by atoms with Crippen LogP contribution in [0.15, 0.2) is 48.5 Å². The van der Waals surface area contributed by atoms with Crippen molar-refractivity contribution < 1.29 is 26.3 Å². The Morgan fingerprint density at radius 2 is 1.70 bits per heavy atom. The molecule has 0 aromatic heterocycles. The first-order valence-electron chi connectivity index (χ1n) is 8.31. The highest BCUT2D eigenvalue weighted by atomic mass is 127. The third-order valence-electron chi connectivity index (χ3n) is 4.01. The molecule has 30 heavy (non-hydrogen) atoms. The molecule has 11 heteroatoms. The number of halogens is 4. The van der Waals surface area contributed by atoms with Crippen molar-refractivity contribution in [3.8, 4) is 11.5 Å². The number of ether oxygens (including phenoxy) is 1. The van der Waals surface area contributed by atoms with Gasteiger partial charge in [0.25, 0.3) is 10.2 Å². The van der Waals surface area contributed by atoms with Gasteiger partial charge in [0.15, 0.2) is 5.75 Å². The first-order chi connectivity index (χ1) is 14.0. The van der Waals surface area contributed by atoms with Crippen LogP contribution in [-0.2, 0) is 16.6 Å². The third kappa shape index (κ3) is 5.55. The molecular formula is C19H15F3IN3O3S. The molecule has 0 saturated carbocycles. The summed E-state index contributed by atoms with van der Waals surface area (Å²) in [4.78, 5) is 0. The number of hydrogen-bond donors (Lipinski definition) is 3. The molecule has 0 unspecified atom stereocenters. The Balaban J connectivity index is 1.93. The van der Waals surface area contributed by atoms with Crippen molar-refractivity contribution in [1.82, 2.24) is 0 Å². The van der Waals surface area contributed by atoms with Gasteiger partial charge in [0.2, 0.25) is 0 Å². The maximum absolute atomic E-state index is 14.2. The van der Waals surface area contributed by atoms with Gasteiger partial charge in [-0.3, -0.25) is 4.72 Å². The van der Waals surface area contributed by atoms with Gasteiger partial charge in [0.1, 0.15) is 23.2 Å². The minimum atomic E-state index is -4.22. The lowest BCUT2D eigenvalue weighted by Gasteiger charge is -2.14. The molecule has 0 aliphatic carbocycles. The molecule has 5 N–H and O–H groups in total. The maximum atomic E-state index is 14.2. The van der Waals surface area contributed by atoms with E-state index in [2.05, 4.69) is 0 Å². The van der Waals surface area contributed by atoms with Gasteiger partial charge < -0.3 is 10.5 Å². The van der Waals surface area contributed by atoms with Gasteiger partial charge in [-0.2, -0.15) is 8.42 Å². The van der Waals surface area contributed by atoms with Crippen molar-refractivity contribution in [2.75, 3.05) is 10.5 Å². The van der Waals surface area contributed by atoms with Crippen molar-refractivity contribution in [1.29, 1.82) is 0 Å². The van der Waals surface area contributed by atoms with E-state index in [9.17, 15) is 21.6 Å². The van der Waals surface area contributed by atoms with Crippen LogP contribution in [0.1, 0.15) is 11.1 Å². The van der Waals surface area contributed by atoms with Crippen LogP contribution in [0.3, 0.4) is 0 Å². The first kappa shape index (κ1) is 22.2. The summed E-state index contributed by atoms with van der Waals surface area (Å²) in [6.45, 7) is 0. The minimum absolute atomic E-state index is 0.0182. The SMILES string of the molecule is Nc1c(Cc2ccc(I)cc2F)cc(F)cc1Oc1ccc(F)c(NS(N)(=O)=O)c1. The fraction of sp³-hybridized carbons (Fsp3) is 0.0526. The van der Waals surface area contributed by atoms with Gasteiger partial charge in [-0.15, -0.1) is 0 Å². The fourth-order valence-corrected chi connectivity index (χ4v) is 3.59. The van der Waals surface area contributed by atoms with Crippen LogP contribution in [0.2, 0.25) is 0 Å². The molecule has 3 aromatic rings. The zero-order valence-corrected chi connectivity index (χ0v) is 18.1. The zero-order valence-electron chi connectivity index (χ0n) is 15.1. The number of nitrogens with two attached hydrogens (primary N) is 2. The number of nitrogen functional groups attached to an aromatic ring is 1. The second-order valence-corrected chi connectivity index (χ2v) is 8.82. The van der Waals surface area contributed by atoms with Crippen LogP contribution in [0.5, 0.6) is 11.5 Å². The molecule has 3 aromatic carbocycles. The Morgan fingerprint density at radius 3 is 2.37 bits per heavy atom. The fourth-order valence-electron chi connectivity index (χ4n) is 2.67. The molecule has 0 aliphatic rings. The number of anilines is 2. The van der Waals surface area contributed by atoms with E-state index in [4.69, 9.17) is 15.6 Å². The van der Waals surface area contributed by atoms with E-state index in [0.29, 0.717) is 9.13 Å². The third-order valence-corrected chi connectivity index (χ3v) is 5.18. The summed E-state index contributed by atoms with van der Waals surface area (Å²) in [5, 5.41) is 4.85. The molecule has 0 atom stereocenters. The van der Waals surface area contributed by atoms with Crippen LogP contribution in [-0.4, -0.2) is 8.42 Å². The summed E-state index contributed by atoms with van der Waals surface area (Å²) in [6, 6.07) is 9.99. The molecule has 0 radical (unpaired) electrons. The molecular weight excluding hydrogens is 534 g/mol. The van der Waals surface area contributed by atoms with E-state index in [1.54, 1.807) is 16.9 Å². The molecule has 6 nitrogen and oxygen atoms in total. The largest absolute Gasteiger partial charge is 0.455 e. The van der Waals surface area contributed by atoms with Gasteiger partial charge in [0.05, 0.1) is 11.4 Å². The summed E-state index contributed by atoms with van der Waals surface area (Å²) in [5.41, 5.74) is 6.29. The monoisotopic (exact) mass is 549 g/mol. The van der Waals surface area contributed by atoms with Crippen molar-refractivity contribution in [3.63, 3.8) is 0 Å². The summed E-state index contributed by atoms with van der Waals surface area (Å²) in [7, 11) is -4.22. The van der Waals surface area contributed by atoms with Gasteiger partial charge in [-0.1, -0.05) is 6.07 Å². The van der Waals surface area contributed by atoms with Crippen LogP contribution in [0.4, 0.5) is 24.5 Å². The zero-order chi connectivity index (χ0) is 22.1. The van der Waals surface area contributed by atoms with Gasteiger partial charge in [-0.05, 0) is 64.0 Å². The predicted octanol–water partition coefficient (Wildman–Crippen LogP) is 4.29. The quantitative estimate of drug-likeness (QED) is 0.315. The molecule has 0 saturated heterocycles. The van der Waals surface area contributed by atoms with Crippen molar-refractivity contribution >= 4 is 44.2 Å². The van der Waals surface area contributed by atoms with E-state index in [0.717, 1.165) is 24.3 Å². The molecule has 158 valence electrons. The first-order valence-corrected chi connectivity index (χ1v) is 10.9. The minimum Gasteiger partial charge on any atom is -0.455 e. The van der Waals surface area contributed by atoms with Crippen molar-refractivity contribution in [2.24, 2.45) is 5.14 Å². The van der Waals surface area contributed by atoms with E-state index in [-0.39, 0.29) is 29.2 Å². The van der Waals surface area contributed by atoms with Gasteiger partial charge in [0, 0.05) is 22.1 Å². The summed E-state index contributed by atoms with van der Waals surface area (Å²) in [5.74, 6) is -2.14. The average Bonchev–Trinajstić information content (AvgIpc) is 2.63. The van der Waals surface area contributed by atoms with Crippen LogP contribution in [0, 0.1) is 21.0 Å². The Morgan fingerprint density at radius 1 is 0.967 bits per heavy atom. The van der Waals surface area contributed by atoms with E-state index in [1.807, 2.05) is 22.6 Å². The van der Waals surface area contributed by atoms with E-state index >= 15 is 0 Å². The lowest BCUT2D eigenvalue weighted by atomic mass is 10.0. The molecule has 0 heterocycles. The maximum Gasteiger partial charge on any atom is 0.296 e. The average molecular weight is 549 g/mol. The molecule has 0 aliphatic heterocycles. The molecule has 0 bridgehead atoms. The Bertz CT molecular complexity index is 1220.